The Morgan fingerprint density at radius 3 is 2.67 bits per heavy atom. The summed E-state index contributed by atoms with van der Waals surface area (Å²) >= 11 is 0. The van der Waals surface area contributed by atoms with Crippen LogP contribution in [0.4, 0.5) is 0 Å². The van der Waals surface area contributed by atoms with Crippen molar-refractivity contribution in [3.8, 4) is 5.75 Å². The summed E-state index contributed by atoms with van der Waals surface area (Å²) in [7, 11) is 0. The van der Waals surface area contributed by atoms with Gasteiger partial charge in [-0.25, -0.2) is 0 Å². The first-order chi connectivity index (χ1) is 7.15. The number of para-hydroxylation sites is 1. The summed E-state index contributed by atoms with van der Waals surface area (Å²) in [6.45, 7) is 10.4. The number of hydrogen-bond acceptors (Lipinski definition) is 2. The van der Waals surface area contributed by atoms with Crippen molar-refractivity contribution in [1.29, 1.82) is 0 Å². The topological polar surface area (TPSA) is 18.5 Å². The molecule has 0 aromatic heterocycles. The van der Waals surface area contributed by atoms with Crippen LogP contribution in [0, 0.1) is 0 Å². The lowest BCUT2D eigenvalue weighted by molar-refractivity contribution is -0.0614. The van der Waals surface area contributed by atoms with Gasteiger partial charge < -0.3 is 9.47 Å². The summed E-state index contributed by atoms with van der Waals surface area (Å²) in [6.07, 6.45) is -0.226. The van der Waals surface area contributed by atoms with Crippen molar-refractivity contribution in [2.24, 2.45) is 0 Å². The second-order valence-corrected chi connectivity index (χ2v) is 3.42. The third-order valence-electron chi connectivity index (χ3n) is 2.04. The predicted molar refractivity (Wildman–Crippen MR) is 62.9 cm³/mol. The first-order valence-corrected chi connectivity index (χ1v) is 5.18. The van der Waals surface area contributed by atoms with Gasteiger partial charge >= 0.3 is 0 Å². The van der Waals surface area contributed by atoms with E-state index in [2.05, 4.69) is 6.58 Å². The molecule has 2 nitrogen and oxygen atoms in total. The molecule has 2 heteroatoms. The van der Waals surface area contributed by atoms with E-state index in [0.717, 1.165) is 16.9 Å². The molecule has 0 aliphatic carbocycles. The molecule has 0 saturated heterocycles. The fraction of sp³-hybridized carbons (Fsp3) is 0.385. The van der Waals surface area contributed by atoms with Gasteiger partial charge in [-0.15, -0.1) is 0 Å². The summed E-state index contributed by atoms with van der Waals surface area (Å²) in [4.78, 5) is 0. The summed E-state index contributed by atoms with van der Waals surface area (Å²) in [5.41, 5.74) is 2.03. The van der Waals surface area contributed by atoms with Crippen LogP contribution in [0.2, 0.25) is 0 Å². The molecular weight excluding hydrogens is 188 g/mol. The van der Waals surface area contributed by atoms with Gasteiger partial charge in [0.15, 0.2) is 6.29 Å². The summed E-state index contributed by atoms with van der Waals surface area (Å²) in [6, 6.07) is 7.85. The Kier molecular flexibility index (Phi) is 4.37. The fourth-order valence-corrected chi connectivity index (χ4v) is 1.37. The number of benzene rings is 1. The van der Waals surface area contributed by atoms with Crippen LogP contribution in [-0.2, 0) is 4.74 Å². The van der Waals surface area contributed by atoms with Crippen LogP contribution in [0.25, 0.3) is 5.57 Å². The van der Waals surface area contributed by atoms with Gasteiger partial charge in [0, 0.05) is 12.2 Å². The molecule has 0 amide bonds. The van der Waals surface area contributed by atoms with Gasteiger partial charge in [-0.1, -0.05) is 24.8 Å². The highest BCUT2D eigenvalue weighted by atomic mass is 16.7. The maximum Gasteiger partial charge on any atom is 0.196 e. The molecule has 0 radical (unpaired) electrons. The zero-order valence-electron chi connectivity index (χ0n) is 9.62. The molecule has 0 heterocycles. The largest absolute Gasteiger partial charge is 0.465 e. The van der Waals surface area contributed by atoms with Crippen molar-refractivity contribution in [2.75, 3.05) is 6.61 Å². The lowest BCUT2D eigenvalue weighted by atomic mass is 10.1. The molecule has 1 unspecified atom stereocenters. The summed E-state index contributed by atoms with van der Waals surface area (Å²) in [5, 5.41) is 0. The first-order valence-electron chi connectivity index (χ1n) is 5.18. The second kappa shape index (κ2) is 5.56. The zero-order valence-corrected chi connectivity index (χ0v) is 9.62. The number of ether oxygens (including phenoxy) is 2. The van der Waals surface area contributed by atoms with E-state index < -0.39 is 0 Å². The van der Waals surface area contributed by atoms with E-state index in [1.807, 2.05) is 45.0 Å². The molecule has 0 saturated carbocycles. The Balaban J connectivity index is 2.79. The van der Waals surface area contributed by atoms with Crippen LogP contribution >= 0.6 is 0 Å². The maximum atomic E-state index is 5.66. The smallest absolute Gasteiger partial charge is 0.196 e. The molecule has 82 valence electrons. The van der Waals surface area contributed by atoms with Crippen molar-refractivity contribution >= 4 is 5.57 Å². The normalized spacial score (nSPS) is 12.2. The van der Waals surface area contributed by atoms with E-state index in [0.29, 0.717) is 6.61 Å². The monoisotopic (exact) mass is 206 g/mol. The maximum absolute atomic E-state index is 5.66. The molecule has 0 aliphatic rings. The number of hydrogen-bond donors (Lipinski definition) is 0. The van der Waals surface area contributed by atoms with Crippen molar-refractivity contribution in [3.63, 3.8) is 0 Å². The molecule has 15 heavy (non-hydrogen) atoms. The second-order valence-electron chi connectivity index (χ2n) is 3.42. The molecule has 1 aromatic carbocycles. The van der Waals surface area contributed by atoms with Gasteiger partial charge in [0.05, 0.1) is 0 Å². The molecular formula is C13H18O2. The van der Waals surface area contributed by atoms with Gasteiger partial charge in [0.2, 0.25) is 0 Å². The highest BCUT2D eigenvalue weighted by Crippen LogP contribution is 2.25. The summed E-state index contributed by atoms with van der Waals surface area (Å²) < 4.78 is 11.0. The molecule has 1 atom stereocenters. The van der Waals surface area contributed by atoms with E-state index in [9.17, 15) is 0 Å². The SMILES string of the molecule is C=C(C)c1ccccc1OC(C)OCC. The third-order valence-corrected chi connectivity index (χ3v) is 2.04. The van der Waals surface area contributed by atoms with Crippen LogP contribution in [0.5, 0.6) is 5.75 Å². The quantitative estimate of drug-likeness (QED) is 0.687. The lowest BCUT2D eigenvalue weighted by Gasteiger charge is -2.17. The number of rotatable bonds is 5. The Morgan fingerprint density at radius 2 is 2.07 bits per heavy atom. The van der Waals surface area contributed by atoms with Crippen LogP contribution in [0.1, 0.15) is 26.3 Å². The minimum Gasteiger partial charge on any atom is -0.465 e. The average molecular weight is 206 g/mol. The minimum atomic E-state index is -0.226. The van der Waals surface area contributed by atoms with Crippen LogP contribution in [0.15, 0.2) is 30.8 Å². The van der Waals surface area contributed by atoms with Gasteiger partial charge in [-0.3, -0.25) is 0 Å². The average Bonchev–Trinajstić information content (AvgIpc) is 2.18. The molecule has 0 bridgehead atoms. The molecule has 1 rings (SSSR count). The first kappa shape index (κ1) is 11.8. The zero-order chi connectivity index (χ0) is 11.3. The Morgan fingerprint density at radius 1 is 1.40 bits per heavy atom. The Bertz CT molecular complexity index is 331. The van der Waals surface area contributed by atoms with Crippen LogP contribution in [-0.4, -0.2) is 12.9 Å². The molecule has 0 N–H and O–H groups in total. The van der Waals surface area contributed by atoms with Crippen molar-refractivity contribution < 1.29 is 9.47 Å². The lowest BCUT2D eigenvalue weighted by Crippen LogP contribution is -2.16. The van der Waals surface area contributed by atoms with Crippen LogP contribution < -0.4 is 4.74 Å². The minimum absolute atomic E-state index is 0.226. The molecule has 0 aliphatic heterocycles. The van der Waals surface area contributed by atoms with E-state index >= 15 is 0 Å². The number of allylic oxidation sites excluding steroid dienone is 1. The summed E-state index contributed by atoms with van der Waals surface area (Å²) in [5.74, 6) is 0.825. The van der Waals surface area contributed by atoms with E-state index in [-0.39, 0.29) is 6.29 Å². The van der Waals surface area contributed by atoms with Gasteiger partial charge in [0.1, 0.15) is 5.75 Å². The Hall–Kier alpha value is -1.28. The third kappa shape index (κ3) is 3.40. The van der Waals surface area contributed by atoms with Crippen molar-refractivity contribution in [2.45, 2.75) is 27.1 Å². The molecule has 0 fully saturated rings. The molecule has 0 spiro atoms. The van der Waals surface area contributed by atoms with E-state index in [1.54, 1.807) is 0 Å². The predicted octanol–water partition coefficient (Wildman–Crippen LogP) is 3.48. The van der Waals surface area contributed by atoms with Crippen molar-refractivity contribution in [1.82, 2.24) is 0 Å². The fourth-order valence-electron chi connectivity index (χ4n) is 1.37. The Labute approximate surface area is 91.5 Å². The van der Waals surface area contributed by atoms with Crippen molar-refractivity contribution in [3.05, 3.63) is 36.4 Å². The highest BCUT2D eigenvalue weighted by Gasteiger charge is 2.07. The van der Waals surface area contributed by atoms with Crippen LogP contribution in [0.3, 0.4) is 0 Å². The highest BCUT2D eigenvalue weighted by molar-refractivity contribution is 5.66. The van der Waals surface area contributed by atoms with E-state index in [1.165, 1.54) is 0 Å². The van der Waals surface area contributed by atoms with E-state index in [4.69, 9.17) is 9.47 Å². The molecule has 1 aromatic rings. The standard InChI is InChI=1S/C13H18O2/c1-5-14-11(4)15-13-9-7-6-8-12(13)10(2)3/h6-9,11H,2,5H2,1,3-4H3. The van der Waals surface area contributed by atoms with Gasteiger partial charge in [0.25, 0.3) is 0 Å². The van der Waals surface area contributed by atoms with Gasteiger partial charge in [-0.2, -0.15) is 0 Å². The van der Waals surface area contributed by atoms with Gasteiger partial charge in [-0.05, 0) is 32.4 Å².